The van der Waals surface area contributed by atoms with Crippen LogP contribution < -0.4 is 16.0 Å². The van der Waals surface area contributed by atoms with Crippen LogP contribution >= 0.6 is 0 Å². The van der Waals surface area contributed by atoms with Gasteiger partial charge >= 0.3 is 0 Å². The number of piperazine rings is 1. The molecule has 1 aromatic heterocycles. The molecule has 0 radical (unpaired) electrons. The maximum atomic E-state index is 11.0. The van der Waals surface area contributed by atoms with Gasteiger partial charge in [-0.25, -0.2) is 4.98 Å². The molecule has 3 N–H and O–H groups in total. The smallest absolute Gasteiger partial charge is 0.250 e. The summed E-state index contributed by atoms with van der Waals surface area (Å²) in [4.78, 5) is 17.5. The number of primary amides is 1. The van der Waals surface area contributed by atoms with Crippen LogP contribution in [0.1, 0.15) is 24.2 Å². The summed E-state index contributed by atoms with van der Waals surface area (Å²) < 4.78 is 0. The molecule has 0 saturated carbocycles. The van der Waals surface area contributed by atoms with Gasteiger partial charge in [0.2, 0.25) is 5.91 Å². The minimum atomic E-state index is -0.439. The fourth-order valence-electron chi connectivity index (χ4n) is 2.04. The number of rotatable bonds is 2. The second-order valence-corrected chi connectivity index (χ2v) is 4.58. The van der Waals surface area contributed by atoms with E-state index < -0.39 is 5.91 Å². The molecule has 1 fully saturated rings. The van der Waals surface area contributed by atoms with Crippen molar-refractivity contribution in [3.63, 3.8) is 0 Å². The zero-order chi connectivity index (χ0) is 12.4. The van der Waals surface area contributed by atoms with Crippen LogP contribution in [0.5, 0.6) is 0 Å². The second-order valence-electron chi connectivity index (χ2n) is 4.58. The SMILES string of the molecule is C[C@@H]1CN[C@@H](C)CN1c1ccc(C(N)=O)cn1. The van der Waals surface area contributed by atoms with E-state index in [1.807, 2.05) is 6.07 Å². The highest BCUT2D eigenvalue weighted by Crippen LogP contribution is 2.17. The number of hydrogen-bond donors (Lipinski definition) is 2. The molecule has 0 aromatic carbocycles. The normalized spacial score (nSPS) is 24.7. The predicted molar refractivity (Wildman–Crippen MR) is 67.0 cm³/mol. The van der Waals surface area contributed by atoms with E-state index in [2.05, 4.69) is 29.0 Å². The van der Waals surface area contributed by atoms with Crippen LogP contribution in [0, 0.1) is 0 Å². The number of nitrogens with two attached hydrogens (primary N) is 1. The minimum Gasteiger partial charge on any atom is -0.366 e. The molecule has 92 valence electrons. The Morgan fingerprint density at radius 2 is 2.29 bits per heavy atom. The number of nitrogens with zero attached hydrogens (tertiary/aromatic N) is 2. The summed E-state index contributed by atoms with van der Waals surface area (Å²) in [5.74, 6) is 0.460. The van der Waals surface area contributed by atoms with Gasteiger partial charge in [0, 0.05) is 31.4 Å². The molecule has 0 bridgehead atoms. The van der Waals surface area contributed by atoms with E-state index >= 15 is 0 Å². The summed E-state index contributed by atoms with van der Waals surface area (Å²) in [5, 5.41) is 3.42. The highest BCUT2D eigenvalue weighted by Gasteiger charge is 2.23. The van der Waals surface area contributed by atoms with Crippen molar-refractivity contribution >= 4 is 11.7 Å². The van der Waals surface area contributed by atoms with Crippen molar-refractivity contribution in [1.29, 1.82) is 0 Å². The van der Waals surface area contributed by atoms with Gasteiger partial charge in [-0.1, -0.05) is 0 Å². The van der Waals surface area contributed by atoms with Gasteiger partial charge in [0.1, 0.15) is 5.82 Å². The number of nitrogens with one attached hydrogen (secondary N) is 1. The Morgan fingerprint density at radius 1 is 1.53 bits per heavy atom. The van der Waals surface area contributed by atoms with Crippen molar-refractivity contribution in [1.82, 2.24) is 10.3 Å². The van der Waals surface area contributed by atoms with Crippen LogP contribution in [0.3, 0.4) is 0 Å². The third-order valence-electron chi connectivity index (χ3n) is 3.09. The lowest BCUT2D eigenvalue weighted by atomic mass is 10.1. The van der Waals surface area contributed by atoms with Gasteiger partial charge in [-0.2, -0.15) is 0 Å². The number of carbonyl (C=O) groups is 1. The topological polar surface area (TPSA) is 71.2 Å². The van der Waals surface area contributed by atoms with Gasteiger partial charge in [-0.15, -0.1) is 0 Å². The maximum absolute atomic E-state index is 11.0. The van der Waals surface area contributed by atoms with Crippen LogP contribution in [0.15, 0.2) is 18.3 Å². The Hall–Kier alpha value is -1.62. The predicted octanol–water partition coefficient (Wildman–Crippen LogP) is 0.367. The molecule has 5 nitrogen and oxygen atoms in total. The summed E-state index contributed by atoms with van der Waals surface area (Å²) in [7, 11) is 0. The van der Waals surface area contributed by atoms with Gasteiger partial charge < -0.3 is 16.0 Å². The van der Waals surface area contributed by atoms with Gasteiger partial charge in [0.15, 0.2) is 0 Å². The highest BCUT2D eigenvalue weighted by molar-refractivity contribution is 5.92. The fraction of sp³-hybridized carbons (Fsp3) is 0.500. The van der Waals surface area contributed by atoms with E-state index in [0.29, 0.717) is 17.6 Å². The lowest BCUT2D eigenvalue weighted by molar-refractivity contribution is 0.1000. The van der Waals surface area contributed by atoms with E-state index in [4.69, 9.17) is 5.73 Å². The number of pyridine rings is 1. The lowest BCUT2D eigenvalue weighted by Gasteiger charge is -2.38. The van der Waals surface area contributed by atoms with Crippen molar-refractivity contribution in [3.05, 3.63) is 23.9 Å². The molecule has 2 rings (SSSR count). The summed E-state index contributed by atoms with van der Waals surface area (Å²) >= 11 is 0. The van der Waals surface area contributed by atoms with E-state index in [9.17, 15) is 4.79 Å². The van der Waals surface area contributed by atoms with E-state index in [-0.39, 0.29) is 0 Å². The largest absolute Gasteiger partial charge is 0.366 e. The van der Waals surface area contributed by atoms with Crippen molar-refractivity contribution in [3.8, 4) is 0 Å². The highest BCUT2D eigenvalue weighted by atomic mass is 16.1. The van der Waals surface area contributed by atoms with Crippen LogP contribution in [0.2, 0.25) is 0 Å². The Morgan fingerprint density at radius 3 is 2.88 bits per heavy atom. The molecule has 2 atom stereocenters. The van der Waals surface area contributed by atoms with Crippen LogP contribution in [0.25, 0.3) is 0 Å². The molecular weight excluding hydrogens is 216 g/mol. The van der Waals surface area contributed by atoms with Gasteiger partial charge in [0.25, 0.3) is 0 Å². The summed E-state index contributed by atoms with van der Waals surface area (Å²) in [5.41, 5.74) is 5.64. The van der Waals surface area contributed by atoms with Gasteiger partial charge in [0.05, 0.1) is 5.56 Å². The van der Waals surface area contributed by atoms with Crippen molar-refractivity contribution < 1.29 is 4.79 Å². The third-order valence-corrected chi connectivity index (χ3v) is 3.09. The Bertz CT molecular complexity index is 403. The third kappa shape index (κ3) is 2.55. The first-order valence-electron chi connectivity index (χ1n) is 5.84. The zero-order valence-electron chi connectivity index (χ0n) is 10.2. The zero-order valence-corrected chi connectivity index (χ0v) is 10.2. The molecule has 0 spiro atoms. The molecule has 5 heteroatoms. The molecule has 1 aromatic rings. The average Bonchev–Trinajstić information content (AvgIpc) is 2.32. The van der Waals surface area contributed by atoms with Crippen molar-refractivity contribution in [2.45, 2.75) is 25.9 Å². The summed E-state index contributed by atoms with van der Waals surface area (Å²) in [6.45, 7) is 6.17. The Balaban J connectivity index is 2.18. The first kappa shape index (κ1) is 11.9. The monoisotopic (exact) mass is 234 g/mol. The summed E-state index contributed by atoms with van der Waals surface area (Å²) in [6, 6.07) is 4.43. The van der Waals surface area contributed by atoms with E-state index in [1.165, 1.54) is 6.20 Å². The molecule has 1 aliphatic heterocycles. The first-order valence-corrected chi connectivity index (χ1v) is 5.84. The number of aromatic nitrogens is 1. The van der Waals surface area contributed by atoms with Gasteiger partial charge in [-0.3, -0.25) is 4.79 Å². The van der Waals surface area contributed by atoms with Gasteiger partial charge in [-0.05, 0) is 26.0 Å². The van der Waals surface area contributed by atoms with E-state index in [0.717, 1.165) is 18.9 Å². The van der Waals surface area contributed by atoms with Crippen LogP contribution in [-0.2, 0) is 0 Å². The molecule has 1 aliphatic rings. The maximum Gasteiger partial charge on any atom is 0.250 e. The fourth-order valence-corrected chi connectivity index (χ4v) is 2.04. The number of amides is 1. The molecule has 17 heavy (non-hydrogen) atoms. The first-order chi connectivity index (χ1) is 8.08. The number of anilines is 1. The molecule has 1 amide bonds. The number of carbonyl (C=O) groups excluding carboxylic acids is 1. The Kier molecular flexibility index (Phi) is 3.28. The molecule has 1 saturated heterocycles. The minimum absolute atomic E-state index is 0.401. The molecule has 2 heterocycles. The van der Waals surface area contributed by atoms with Crippen LogP contribution in [0.4, 0.5) is 5.82 Å². The molecule has 0 aliphatic carbocycles. The average molecular weight is 234 g/mol. The van der Waals surface area contributed by atoms with E-state index in [1.54, 1.807) is 6.07 Å². The second kappa shape index (κ2) is 4.71. The van der Waals surface area contributed by atoms with Crippen molar-refractivity contribution in [2.24, 2.45) is 5.73 Å². The van der Waals surface area contributed by atoms with Crippen molar-refractivity contribution in [2.75, 3.05) is 18.0 Å². The molecule has 0 unspecified atom stereocenters. The Labute approximate surface area is 101 Å². The summed E-state index contributed by atoms with van der Waals surface area (Å²) in [6.07, 6.45) is 1.54. The van der Waals surface area contributed by atoms with Crippen LogP contribution in [-0.4, -0.2) is 36.1 Å². The lowest BCUT2D eigenvalue weighted by Crippen LogP contribution is -2.54. The quantitative estimate of drug-likeness (QED) is 0.775. The number of hydrogen-bond acceptors (Lipinski definition) is 4. The molecular formula is C12H18N4O. The standard InChI is InChI=1S/C12H18N4O/c1-8-7-16(9(2)5-14-8)11-4-3-10(6-15-11)12(13)17/h3-4,6,8-9,14H,5,7H2,1-2H3,(H2,13,17)/t8-,9+/m0/s1.